The van der Waals surface area contributed by atoms with Crippen molar-refractivity contribution in [2.45, 2.75) is 46.6 Å². The highest BCUT2D eigenvalue weighted by atomic mass is 16.2. The number of hydrogen-bond donors (Lipinski definition) is 0. The highest BCUT2D eigenvalue weighted by Crippen LogP contribution is 2.32. The van der Waals surface area contributed by atoms with E-state index in [0.29, 0.717) is 12.5 Å². The fourth-order valence-electron chi connectivity index (χ4n) is 4.31. The molecule has 1 atom stereocenters. The van der Waals surface area contributed by atoms with Gasteiger partial charge in [0.15, 0.2) is 0 Å². The summed E-state index contributed by atoms with van der Waals surface area (Å²) in [4.78, 5) is 17.2. The van der Waals surface area contributed by atoms with Crippen molar-refractivity contribution in [2.75, 3.05) is 32.7 Å². The van der Waals surface area contributed by atoms with Gasteiger partial charge in [-0.3, -0.25) is 9.48 Å². The summed E-state index contributed by atoms with van der Waals surface area (Å²) in [5.41, 5.74) is 0.968. The van der Waals surface area contributed by atoms with Gasteiger partial charge in [0.2, 0.25) is 5.91 Å². The summed E-state index contributed by atoms with van der Waals surface area (Å²) in [7, 11) is 0. The van der Waals surface area contributed by atoms with Gasteiger partial charge in [0.05, 0.1) is 5.69 Å². The van der Waals surface area contributed by atoms with Crippen LogP contribution in [0.1, 0.15) is 38.8 Å². The van der Waals surface area contributed by atoms with E-state index < -0.39 is 0 Å². The number of carbonyl (C=O) groups excluding carboxylic acids is 1. The molecule has 5 nitrogen and oxygen atoms in total. The van der Waals surface area contributed by atoms with Crippen molar-refractivity contribution < 1.29 is 4.79 Å². The summed E-state index contributed by atoms with van der Waals surface area (Å²) in [5, 5.41) is 4.33. The van der Waals surface area contributed by atoms with Crippen LogP contribution < -0.4 is 0 Å². The van der Waals surface area contributed by atoms with E-state index in [9.17, 15) is 4.79 Å². The Kier molecular flexibility index (Phi) is 5.59. The third-order valence-corrected chi connectivity index (χ3v) is 5.57. The van der Waals surface area contributed by atoms with Gasteiger partial charge in [-0.25, -0.2) is 0 Å². The Bertz CT molecular complexity index is 545. The first kappa shape index (κ1) is 17.5. The quantitative estimate of drug-likeness (QED) is 0.831. The molecule has 0 aliphatic carbocycles. The normalized spacial score (nSPS) is 23.3. The summed E-state index contributed by atoms with van der Waals surface area (Å²) in [6.07, 6.45) is 5.68. The van der Waals surface area contributed by atoms with Crippen LogP contribution in [0.15, 0.2) is 12.3 Å². The molecule has 1 amide bonds. The lowest BCUT2D eigenvalue weighted by molar-refractivity contribution is -0.131. The first-order valence-electron chi connectivity index (χ1n) is 9.51. The molecule has 0 unspecified atom stereocenters. The number of nitrogens with zero attached hydrogens (tertiary/aromatic N) is 4. The Labute approximate surface area is 146 Å². The van der Waals surface area contributed by atoms with Crippen molar-refractivity contribution in [3.05, 3.63) is 18.0 Å². The van der Waals surface area contributed by atoms with Crippen molar-refractivity contribution in [3.63, 3.8) is 0 Å². The summed E-state index contributed by atoms with van der Waals surface area (Å²) in [6, 6.07) is 1.95. The Balaban J connectivity index is 1.45. The van der Waals surface area contributed by atoms with E-state index in [-0.39, 0.29) is 5.91 Å². The molecule has 0 N–H and O–H groups in total. The zero-order valence-corrected chi connectivity index (χ0v) is 15.4. The van der Waals surface area contributed by atoms with Gasteiger partial charge in [0, 0.05) is 25.8 Å². The molecule has 24 heavy (non-hydrogen) atoms. The van der Waals surface area contributed by atoms with Gasteiger partial charge in [-0.1, -0.05) is 13.8 Å². The van der Waals surface area contributed by atoms with E-state index in [4.69, 9.17) is 0 Å². The van der Waals surface area contributed by atoms with Gasteiger partial charge in [-0.15, -0.1) is 0 Å². The fraction of sp³-hybridized carbons (Fsp3) is 0.789. The van der Waals surface area contributed by atoms with Gasteiger partial charge in [0.25, 0.3) is 0 Å². The predicted octanol–water partition coefficient (Wildman–Crippen LogP) is 2.41. The number of aryl methyl sites for hydroxylation is 1. The number of amides is 1. The average molecular weight is 332 g/mol. The molecule has 5 heteroatoms. The Morgan fingerprint density at radius 2 is 1.92 bits per heavy atom. The highest BCUT2D eigenvalue weighted by Gasteiger charge is 2.33. The zero-order chi connectivity index (χ0) is 17.1. The largest absolute Gasteiger partial charge is 0.341 e. The molecule has 0 radical (unpaired) electrons. The van der Waals surface area contributed by atoms with Crippen LogP contribution in [-0.2, 0) is 11.3 Å². The number of aromatic nitrogens is 2. The van der Waals surface area contributed by atoms with Gasteiger partial charge in [-0.2, -0.15) is 5.10 Å². The standard InChI is InChI=1S/C19H32N4O/c1-15(2)12-21-8-5-17(6-9-21)18-7-10-22(13-18)19(24)14-23-11-4-16(3)20-23/h4,11,15,17-18H,5-10,12-14H2,1-3H3/t18-/m1/s1. The lowest BCUT2D eigenvalue weighted by atomic mass is 9.83. The topological polar surface area (TPSA) is 41.4 Å². The smallest absolute Gasteiger partial charge is 0.244 e. The minimum atomic E-state index is 0.220. The van der Waals surface area contributed by atoms with Crippen LogP contribution >= 0.6 is 0 Å². The average Bonchev–Trinajstić information content (AvgIpc) is 3.17. The molecule has 134 valence electrons. The maximum absolute atomic E-state index is 12.5. The molecule has 0 saturated carbocycles. The Morgan fingerprint density at radius 1 is 1.21 bits per heavy atom. The molecular formula is C19H32N4O. The second-order valence-electron chi connectivity index (χ2n) is 8.08. The van der Waals surface area contributed by atoms with Gasteiger partial charge >= 0.3 is 0 Å². The molecule has 0 aromatic carbocycles. The molecule has 2 aliphatic rings. The Hall–Kier alpha value is -1.36. The lowest BCUT2D eigenvalue weighted by Crippen LogP contribution is -2.39. The molecule has 0 spiro atoms. The van der Waals surface area contributed by atoms with Crippen molar-refractivity contribution >= 4 is 5.91 Å². The lowest BCUT2D eigenvalue weighted by Gasteiger charge is -2.35. The second-order valence-corrected chi connectivity index (χ2v) is 8.08. The van der Waals surface area contributed by atoms with Crippen LogP contribution in [0.3, 0.4) is 0 Å². The van der Waals surface area contributed by atoms with Crippen molar-refractivity contribution in [3.8, 4) is 0 Å². The SMILES string of the molecule is Cc1ccn(CC(=O)N2CC[C@@H](C3CCN(CC(C)C)CC3)C2)n1. The Morgan fingerprint density at radius 3 is 2.54 bits per heavy atom. The van der Waals surface area contributed by atoms with E-state index in [1.165, 1.54) is 38.9 Å². The number of piperidine rings is 1. The molecule has 2 saturated heterocycles. The van der Waals surface area contributed by atoms with Crippen LogP contribution in [0.2, 0.25) is 0 Å². The van der Waals surface area contributed by atoms with Gasteiger partial charge in [0.1, 0.15) is 6.54 Å². The number of carbonyl (C=O) groups is 1. The van der Waals surface area contributed by atoms with Crippen LogP contribution in [0.5, 0.6) is 0 Å². The van der Waals surface area contributed by atoms with Crippen LogP contribution in [0.25, 0.3) is 0 Å². The van der Waals surface area contributed by atoms with Gasteiger partial charge < -0.3 is 9.80 Å². The molecule has 2 aliphatic heterocycles. The molecular weight excluding hydrogens is 300 g/mol. The van der Waals surface area contributed by atoms with E-state index in [1.807, 2.05) is 19.2 Å². The minimum Gasteiger partial charge on any atom is -0.341 e. The third-order valence-electron chi connectivity index (χ3n) is 5.57. The van der Waals surface area contributed by atoms with Crippen LogP contribution in [0, 0.1) is 24.7 Å². The van der Waals surface area contributed by atoms with Gasteiger partial charge in [-0.05, 0) is 63.1 Å². The summed E-state index contributed by atoms with van der Waals surface area (Å²) in [5.74, 6) is 2.48. The van der Waals surface area contributed by atoms with Crippen molar-refractivity contribution in [2.24, 2.45) is 17.8 Å². The summed E-state index contributed by atoms with van der Waals surface area (Å²) >= 11 is 0. The third kappa shape index (κ3) is 4.38. The molecule has 0 bridgehead atoms. The monoisotopic (exact) mass is 332 g/mol. The second kappa shape index (κ2) is 7.68. The molecule has 3 heterocycles. The van der Waals surface area contributed by atoms with E-state index in [1.54, 1.807) is 4.68 Å². The van der Waals surface area contributed by atoms with E-state index in [0.717, 1.165) is 30.6 Å². The fourth-order valence-corrected chi connectivity index (χ4v) is 4.31. The summed E-state index contributed by atoms with van der Waals surface area (Å²) < 4.78 is 1.76. The first-order chi connectivity index (χ1) is 11.5. The maximum Gasteiger partial charge on any atom is 0.244 e. The van der Waals surface area contributed by atoms with E-state index in [2.05, 4.69) is 28.7 Å². The first-order valence-corrected chi connectivity index (χ1v) is 9.51. The van der Waals surface area contributed by atoms with Crippen molar-refractivity contribution in [1.29, 1.82) is 0 Å². The number of hydrogen-bond acceptors (Lipinski definition) is 3. The van der Waals surface area contributed by atoms with E-state index >= 15 is 0 Å². The molecule has 3 rings (SSSR count). The predicted molar refractivity (Wildman–Crippen MR) is 95.7 cm³/mol. The van der Waals surface area contributed by atoms with Crippen LogP contribution in [0.4, 0.5) is 0 Å². The number of rotatable bonds is 5. The number of likely N-dealkylation sites (tertiary alicyclic amines) is 2. The zero-order valence-electron chi connectivity index (χ0n) is 15.4. The maximum atomic E-state index is 12.5. The minimum absolute atomic E-state index is 0.220. The summed E-state index contributed by atoms with van der Waals surface area (Å²) in [6.45, 7) is 12.5. The molecule has 1 aromatic rings. The molecule has 2 fully saturated rings. The van der Waals surface area contributed by atoms with Crippen molar-refractivity contribution in [1.82, 2.24) is 19.6 Å². The molecule has 1 aromatic heterocycles. The van der Waals surface area contributed by atoms with Crippen LogP contribution in [-0.4, -0.2) is 58.2 Å². The highest BCUT2D eigenvalue weighted by molar-refractivity contribution is 5.76.